The number of carbonyl (C=O) groups excluding carboxylic acids is 4. The number of β-amino-alcohol motifs (C(OH)–C–C–N with tert-alkyl or cyclic N) is 1. The molecule has 3 atom stereocenters. The summed E-state index contributed by atoms with van der Waals surface area (Å²) in [5.74, 6) is -1.04. The summed E-state index contributed by atoms with van der Waals surface area (Å²) in [7, 11) is -3.31. The Labute approximate surface area is 411 Å². The van der Waals surface area contributed by atoms with Crippen LogP contribution in [0.3, 0.4) is 0 Å². The first-order valence-corrected chi connectivity index (χ1v) is 26.0. The molecular formula is C50H59N11O7S2. The lowest BCUT2D eigenvalue weighted by atomic mass is 9.85. The van der Waals surface area contributed by atoms with Crippen LogP contribution < -0.4 is 26.2 Å². The van der Waals surface area contributed by atoms with Gasteiger partial charge in [-0.3, -0.25) is 24.1 Å². The minimum absolute atomic E-state index is 0.0296. The average molecular weight is 990 g/mol. The number of aromatic nitrogens is 4. The number of nitrogens with zero attached hydrogens (tertiary/aromatic N) is 7. The van der Waals surface area contributed by atoms with E-state index in [0.29, 0.717) is 37.8 Å². The first-order valence-electron chi connectivity index (χ1n) is 23.2. The van der Waals surface area contributed by atoms with E-state index in [9.17, 15) is 32.7 Å². The number of likely N-dealkylation sites (tertiary alicyclic amines) is 1. The van der Waals surface area contributed by atoms with Crippen molar-refractivity contribution in [2.45, 2.75) is 70.2 Å². The van der Waals surface area contributed by atoms with Crippen molar-refractivity contribution >= 4 is 67.8 Å². The summed E-state index contributed by atoms with van der Waals surface area (Å²) in [5, 5.41) is 27.2. The molecule has 0 radical (unpaired) electrons. The van der Waals surface area contributed by atoms with Gasteiger partial charge in [-0.2, -0.15) is 4.98 Å². The molecular weight excluding hydrogens is 931 g/mol. The van der Waals surface area contributed by atoms with Crippen molar-refractivity contribution in [3.63, 3.8) is 0 Å². The molecule has 4 amide bonds. The number of sulfone groups is 1. The Kier molecular flexibility index (Phi) is 15.0. The van der Waals surface area contributed by atoms with Crippen molar-refractivity contribution in [1.82, 2.24) is 45.3 Å². The van der Waals surface area contributed by atoms with E-state index in [1.165, 1.54) is 11.2 Å². The molecule has 0 saturated carbocycles. The second-order valence-corrected chi connectivity index (χ2v) is 21.8. The molecule has 70 heavy (non-hydrogen) atoms. The van der Waals surface area contributed by atoms with Gasteiger partial charge >= 0.3 is 0 Å². The van der Waals surface area contributed by atoms with Gasteiger partial charge in [0.15, 0.2) is 15.5 Å². The SMILES string of the molecule is Cc1ncsc1-c1ccc(CNC(=O)[C@@H]2C[C@@H](O)CN2C(=O)[C@@H](NC(=O)CCNC(=O)CN2CCN(c3ccc(Nc4nc5cccc(-c6ccc(S(C)(=O)=O)cc6)n5n4)cc3)CC2)C(C)(C)C)cc1. The number of fused-ring (bicyclic) bond motifs is 1. The third kappa shape index (κ3) is 12.0. The Morgan fingerprint density at radius 1 is 0.871 bits per heavy atom. The molecule has 0 unspecified atom stereocenters. The van der Waals surface area contributed by atoms with Crippen LogP contribution in [-0.2, 0) is 35.6 Å². The molecule has 8 rings (SSSR count). The largest absolute Gasteiger partial charge is 0.391 e. The molecule has 0 bridgehead atoms. The minimum Gasteiger partial charge on any atom is -0.391 e. The van der Waals surface area contributed by atoms with E-state index in [-0.39, 0.29) is 55.7 Å². The molecule has 3 aromatic heterocycles. The number of amides is 4. The predicted molar refractivity (Wildman–Crippen MR) is 269 cm³/mol. The summed E-state index contributed by atoms with van der Waals surface area (Å²) in [5.41, 5.74) is 8.02. The van der Waals surface area contributed by atoms with Gasteiger partial charge in [-0.25, -0.2) is 17.9 Å². The highest BCUT2D eigenvalue weighted by molar-refractivity contribution is 7.90. The Morgan fingerprint density at radius 3 is 2.23 bits per heavy atom. The van der Waals surface area contributed by atoms with Gasteiger partial charge in [0, 0.05) is 81.8 Å². The number of hydrogen-bond donors (Lipinski definition) is 5. The average Bonchev–Trinajstić information content (AvgIpc) is 4.07. The minimum atomic E-state index is -3.31. The van der Waals surface area contributed by atoms with Crippen molar-refractivity contribution in [3.8, 4) is 21.7 Å². The summed E-state index contributed by atoms with van der Waals surface area (Å²) in [6, 6.07) is 26.2. The molecule has 2 aliphatic heterocycles. The van der Waals surface area contributed by atoms with Crippen molar-refractivity contribution in [2.24, 2.45) is 5.41 Å². The summed E-state index contributed by atoms with van der Waals surface area (Å²) in [4.78, 5) is 69.7. The van der Waals surface area contributed by atoms with Crippen LogP contribution in [0.4, 0.5) is 17.3 Å². The number of thiazole rings is 1. The zero-order chi connectivity index (χ0) is 49.7. The Bertz CT molecular complexity index is 2950. The zero-order valence-electron chi connectivity index (χ0n) is 39.9. The lowest BCUT2D eigenvalue weighted by Crippen LogP contribution is -2.58. The van der Waals surface area contributed by atoms with E-state index in [4.69, 9.17) is 0 Å². The highest BCUT2D eigenvalue weighted by atomic mass is 32.2. The fourth-order valence-electron chi connectivity index (χ4n) is 8.69. The second kappa shape index (κ2) is 21.1. The summed E-state index contributed by atoms with van der Waals surface area (Å²) < 4.78 is 25.6. The number of aliphatic hydroxyl groups is 1. The maximum absolute atomic E-state index is 14.1. The van der Waals surface area contributed by atoms with Gasteiger partial charge in [-0.05, 0) is 72.0 Å². The predicted octanol–water partition coefficient (Wildman–Crippen LogP) is 4.41. The molecule has 0 aliphatic carbocycles. The molecule has 18 nitrogen and oxygen atoms in total. The van der Waals surface area contributed by atoms with Crippen LogP contribution in [0.2, 0.25) is 0 Å². The van der Waals surface area contributed by atoms with E-state index >= 15 is 0 Å². The van der Waals surface area contributed by atoms with Crippen LogP contribution in [0.15, 0.2) is 101 Å². The Hall–Kier alpha value is -6.74. The highest BCUT2D eigenvalue weighted by Gasteiger charge is 2.44. The van der Waals surface area contributed by atoms with Crippen LogP contribution in [0.25, 0.3) is 27.3 Å². The molecule has 368 valence electrons. The lowest BCUT2D eigenvalue weighted by molar-refractivity contribution is -0.144. The third-order valence-electron chi connectivity index (χ3n) is 12.6. The molecule has 2 fully saturated rings. The van der Waals surface area contributed by atoms with Gasteiger partial charge in [0.1, 0.15) is 12.1 Å². The standard InChI is InChI=1S/C50H59N11O7S2/c1-32-45(69-31-53-32)35-11-9-33(10-12-35)28-52-47(65)41-27-38(62)29-60(41)48(66)46(50(2,3)4)56-43(63)21-22-51-44(64)30-58-23-25-59(26-24-58)37-17-15-36(16-18-37)54-49-55-42-8-6-7-40(61(42)57-49)34-13-19-39(20-14-34)70(5,67)68/h6-20,31,38,41,46,62H,21-30H2,1-5H3,(H,51,64)(H,52,65)(H,54,57)(H,56,63)/t38-,41+,46-/m1/s1. The van der Waals surface area contributed by atoms with E-state index in [0.717, 1.165) is 44.3 Å². The van der Waals surface area contributed by atoms with Crippen molar-refractivity contribution in [3.05, 3.63) is 108 Å². The summed E-state index contributed by atoms with van der Waals surface area (Å²) >= 11 is 1.57. The van der Waals surface area contributed by atoms with Gasteiger partial charge in [0.2, 0.25) is 29.6 Å². The van der Waals surface area contributed by atoms with Crippen LogP contribution >= 0.6 is 11.3 Å². The number of hydrogen-bond acceptors (Lipinski definition) is 14. The monoisotopic (exact) mass is 989 g/mol. The molecule has 2 saturated heterocycles. The first kappa shape index (κ1) is 49.7. The number of rotatable bonds is 16. The van der Waals surface area contributed by atoms with Crippen LogP contribution in [-0.4, -0.2) is 137 Å². The summed E-state index contributed by atoms with van der Waals surface area (Å²) in [6.45, 7) is 10.7. The maximum Gasteiger partial charge on any atom is 0.247 e. The van der Waals surface area contributed by atoms with E-state index in [1.807, 2.05) is 99.9 Å². The zero-order valence-corrected chi connectivity index (χ0v) is 41.5. The van der Waals surface area contributed by atoms with Crippen molar-refractivity contribution < 1.29 is 32.7 Å². The molecule has 20 heteroatoms. The van der Waals surface area contributed by atoms with Gasteiger partial charge < -0.3 is 36.2 Å². The number of carbonyl (C=O) groups is 4. The smallest absolute Gasteiger partial charge is 0.247 e. The number of aryl methyl sites for hydroxylation is 1. The van der Waals surface area contributed by atoms with Crippen molar-refractivity contribution in [1.29, 1.82) is 0 Å². The molecule has 5 N–H and O–H groups in total. The lowest BCUT2D eigenvalue weighted by Gasteiger charge is -2.36. The number of nitrogens with one attached hydrogen (secondary N) is 4. The quantitative estimate of drug-likeness (QED) is 0.0908. The third-order valence-corrected chi connectivity index (χ3v) is 14.7. The molecule has 2 aliphatic rings. The molecule has 3 aromatic carbocycles. The van der Waals surface area contributed by atoms with E-state index in [2.05, 4.69) is 46.1 Å². The maximum atomic E-state index is 14.1. The first-order chi connectivity index (χ1) is 33.4. The Balaban J connectivity index is 0.763. The number of aliphatic hydroxyl groups excluding tert-OH is 1. The van der Waals surface area contributed by atoms with Crippen LogP contribution in [0.1, 0.15) is 44.9 Å². The van der Waals surface area contributed by atoms with Gasteiger partial charge in [0.05, 0.1) is 39.3 Å². The number of anilines is 3. The Morgan fingerprint density at radius 2 is 1.57 bits per heavy atom. The molecule has 5 heterocycles. The molecule has 0 spiro atoms. The van der Waals surface area contributed by atoms with E-state index in [1.54, 1.807) is 40.1 Å². The van der Waals surface area contributed by atoms with Crippen LogP contribution in [0, 0.1) is 12.3 Å². The number of pyridine rings is 1. The van der Waals surface area contributed by atoms with Crippen LogP contribution in [0.5, 0.6) is 0 Å². The molecule has 6 aromatic rings. The van der Waals surface area contributed by atoms with E-state index < -0.39 is 45.3 Å². The normalized spacial score (nSPS) is 17.1. The van der Waals surface area contributed by atoms with Gasteiger partial charge in [0.25, 0.3) is 0 Å². The topological polar surface area (TPSA) is 224 Å². The van der Waals surface area contributed by atoms with Gasteiger partial charge in [-0.1, -0.05) is 63.2 Å². The highest BCUT2D eigenvalue weighted by Crippen LogP contribution is 2.29. The van der Waals surface area contributed by atoms with Crippen molar-refractivity contribution in [2.75, 3.05) is 62.3 Å². The summed E-state index contributed by atoms with van der Waals surface area (Å²) in [6.07, 6.45) is 0.331. The second-order valence-electron chi connectivity index (χ2n) is 18.9. The van der Waals surface area contributed by atoms with Gasteiger partial charge in [-0.15, -0.1) is 16.4 Å². The fourth-order valence-corrected chi connectivity index (χ4v) is 10.1. The number of benzene rings is 3. The number of piperazine rings is 1. The fraction of sp³-hybridized carbons (Fsp3) is 0.380.